The quantitative estimate of drug-likeness (QED) is 0.755. The van der Waals surface area contributed by atoms with Crippen molar-refractivity contribution < 1.29 is 9.59 Å². The van der Waals surface area contributed by atoms with Crippen molar-refractivity contribution in [3.63, 3.8) is 0 Å². The molecule has 0 aromatic heterocycles. The van der Waals surface area contributed by atoms with Crippen LogP contribution in [0.4, 0.5) is 0 Å². The molecule has 2 unspecified atom stereocenters. The molecular weight excluding hydrogens is 230 g/mol. The average Bonchev–Trinajstić information content (AvgIpc) is 2.82. The fourth-order valence-electron chi connectivity index (χ4n) is 3.45. The number of carbonyl (C=O) groups excluding carboxylic acids is 2. The zero-order valence-electron chi connectivity index (χ0n) is 10.5. The lowest BCUT2D eigenvalue weighted by Gasteiger charge is -2.32. The molecule has 1 saturated heterocycles. The number of nitrogens with one attached hydrogen (secondary N) is 1. The van der Waals surface area contributed by atoms with Gasteiger partial charge in [-0.2, -0.15) is 5.10 Å². The van der Waals surface area contributed by atoms with E-state index in [1.165, 1.54) is 19.3 Å². The Balaban J connectivity index is 1.71. The highest BCUT2D eigenvalue weighted by Gasteiger charge is 2.39. The molecule has 0 bridgehead atoms. The molecule has 0 radical (unpaired) electrons. The number of hydrogen-bond donors (Lipinski definition) is 1. The average molecular weight is 249 g/mol. The molecule has 18 heavy (non-hydrogen) atoms. The fraction of sp³-hybridized carbons (Fsp3) is 0.769. The van der Waals surface area contributed by atoms with E-state index in [9.17, 15) is 9.59 Å². The van der Waals surface area contributed by atoms with Crippen molar-refractivity contribution in [3.05, 3.63) is 0 Å². The molecule has 2 atom stereocenters. The van der Waals surface area contributed by atoms with Crippen LogP contribution in [0.3, 0.4) is 0 Å². The molecular formula is C13H19N3O2. The van der Waals surface area contributed by atoms with Crippen molar-refractivity contribution in [1.29, 1.82) is 0 Å². The van der Waals surface area contributed by atoms with Crippen molar-refractivity contribution >= 4 is 17.5 Å². The minimum Gasteiger partial charge on any atom is -0.334 e. The first kappa shape index (κ1) is 11.7. The third-order valence-electron chi connectivity index (χ3n) is 4.42. The van der Waals surface area contributed by atoms with Crippen molar-refractivity contribution in [1.82, 2.24) is 10.3 Å². The number of nitrogens with zero attached hydrogens (tertiary/aromatic N) is 2. The zero-order valence-corrected chi connectivity index (χ0v) is 10.5. The molecule has 1 aliphatic carbocycles. The predicted octanol–water partition coefficient (Wildman–Crippen LogP) is 1.04. The summed E-state index contributed by atoms with van der Waals surface area (Å²) in [5, 5.41) is 3.92. The molecule has 2 heterocycles. The molecule has 1 N–H and O–H groups in total. The van der Waals surface area contributed by atoms with Gasteiger partial charge >= 0.3 is 0 Å². The summed E-state index contributed by atoms with van der Waals surface area (Å²) in [4.78, 5) is 25.4. The van der Waals surface area contributed by atoms with Gasteiger partial charge in [0.15, 0.2) is 0 Å². The van der Waals surface area contributed by atoms with Gasteiger partial charge in [-0.05, 0) is 25.2 Å². The number of amides is 2. The third-order valence-corrected chi connectivity index (χ3v) is 4.42. The number of fused-ring (bicyclic) bond motifs is 1. The van der Waals surface area contributed by atoms with E-state index in [1.807, 2.05) is 4.90 Å². The molecule has 98 valence electrons. The van der Waals surface area contributed by atoms with Crippen LogP contribution in [0.1, 0.15) is 44.9 Å². The lowest BCUT2D eigenvalue weighted by atomic mass is 9.85. The lowest BCUT2D eigenvalue weighted by molar-refractivity contribution is -0.126. The van der Waals surface area contributed by atoms with Gasteiger partial charge in [0.05, 0.1) is 0 Å². The van der Waals surface area contributed by atoms with Crippen LogP contribution in [0.5, 0.6) is 0 Å². The molecule has 1 saturated carbocycles. The van der Waals surface area contributed by atoms with E-state index in [1.54, 1.807) is 0 Å². The molecule has 3 rings (SSSR count). The van der Waals surface area contributed by atoms with Gasteiger partial charge in [-0.1, -0.05) is 12.8 Å². The van der Waals surface area contributed by atoms with Crippen molar-refractivity contribution in [3.8, 4) is 0 Å². The minimum atomic E-state index is -0.0940. The molecule has 5 nitrogen and oxygen atoms in total. The molecule has 0 aromatic carbocycles. The molecule has 2 amide bonds. The van der Waals surface area contributed by atoms with Crippen LogP contribution < -0.4 is 5.43 Å². The van der Waals surface area contributed by atoms with E-state index in [0.29, 0.717) is 30.5 Å². The van der Waals surface area contributed by atoms with E-state index < -0.39 is 0 Å². The predicted molar refractivity (Wildman–Crippen MR) is 66.9 cm³/mol. The van der Waals surface area contributed by atoms with Crippen LogP contribution >= 0.6 is 0 Å². The van der Waals surface area contributed by atoms with Gasteiger partial charge in [-0.3, -0.25) is 9.59 Å². The highest BCUT2D eigenvalue weighted by atomic mass is 16.2. The molecule has 0 aromatic rings. The second kappa shape index (κ2) is 4.71. The standard InChI is InChI=1S/C13H19N3O2/c17-12-6-5-10(14-15-12)13(18)16-8-7-9-3-1-2-4-11(9)16/h9,11H,1-8H2,(H,15,17). The Morgan fingerprint density at radius 2 is 2.06 bits per heavy atom. The molecule has 2 fully saturated rings. The first-order chi connectivity index (χ1) is 8.75. The Bertz CT molecular complexity index is 405. The van der Waals surface area contributed by atoms with Gasteiger partial charge in [0.25, 0.3) is 5.91 Å². The first-order valence-electron chi connectivity index (χ1n) is 6.92. The Hall–Kier alpha value is -1.39. The van der Waals surface area contributed by atoms with Gasteiger partial charge in [0, 0.05) is 25.4 Å². The summed E-state index contributed by atoms with van der Waals surface area (Å²) in [5.41, 5.74) is 2.94. The second-order valence-electron chi connectivity index (χ2n) is 5.49. The Morgan fingerprint density at radius 3 is 2.83 bits per heavy atom. The highest BCUT2D eigenvalue weighted by molar-refractivity contribution is 6.39. The highest BCUT2D eigenvalue weighted by Crippen LogP contribution is 2.36. The number of hydrogen-bond acceptors (Lipinski definition) is 3. The summed E-state index contributed by atoms with van der Waals surface area (Å²) in [6.07, 6.45) is 6.93. The summed E-state index contributed by atoms with van der Waals surface area (Å²) in [6, 6.07) is 0.423. The SMILES string of the molecule is O=C1CCC(C(=O)N2CCC3CCCCC32)=NN1. The summed E-state index contributed by atoms with van der Waals surface area (Å²) < 4.78 is 0. The van der Waals surface area contributed by atoms with Crippen LogP contribution in [0.25, 0.3) is 0 Å². The van der Waals surface area contributed by atoms with Crippen molar-refractivity contribution in [2.45, 2.75) is 51.0 Å². The maximum Gasteiger partial charge on any atom is 0.270 e. The normalized spacial score (nSPS) is 31.7. The van der Waals surface area contributed by atoms with Crippen LogP contribution in [0.2, 0.25) is 0 Å². The fourth-order valence-corrected chi connectivity index (χ4v) is 3.45. The van der Waals surface area contributed by atoms with Crippen LogP contribution in [-0.2, 0) is 9.59 Å². The van der Waals surface area contributed by atoms with Crippen molar-refractivity contribution in [2.75, 3.05) is 6.54 Å². The molecule has 2 aliphatic heterocycles. The number of likely N-dealkylation sites (tertiary alicyclic amines) is 1. The smallest absolute Gasteiger partial charge is 0.270 e. The van der Waals surface area contributed by atoms with Gasteiger partial charge in [-0.25, -0.2) is 5.43 Å². The Morgan fingerprint density at radius 1 is 1.22 bits per heavy atom. The summed E-state index contributed by atoms with van der Waals surface area (Å²) in [7, 11) is 0. The van der Waals surface area contributed by atoms with E-state index >= 15 is 0 Å². The van der Waals surface area contributed by atoms with Crippen LogP contribution in [0.15, 0.2) is 5.10 Å². The first-order valence-corrected chi connectivity index (χ1v) is 6.92. The van der Waals surface area contributed by atoms with E-state index in [4.69, 9.17) is 0 Å². The minimum absolute atomic E-state index is 0.0457. The maximum atomic E-state index is 12.4. The molecule has 3 aliphatic rings. The summed E-state index contributed by atoms with van der Waals surface area (Å²) in [5.74, 6) is 0.648. The van der Waals surface area contributed by atoms with Crippen LogP contribution in [-0.4, -0.2) is 35.0 Å². The van der Waals surface area contributed by atoms with E-state index in [0.717, 1.165) is 19.4 Å². The number of carbonyl (C=O) groups is 2. The van der Waals surface area contributed by atoms with Gasteiger partial charge in [-0.15, -0.1) is 0 Å². The Labute approximate surface area is 107 Å². The maximum absolute atomic E-state index is 12.4. The molecule has 5 heteroatoms. The van der Waals surface area contributed by atoms with E-state index in [-0.39, 0.29) is 11.8 Å². The number of hydrazone groups is 1. The topological polar surface area (TPSA) is 61.8 Å². The second-order valence-corrected chi connectivity index (χ2v) is 5.49. The lowest BCUT2D eigenvalue weighted by Crippen LogP contribution is -2.44. The Kier molecular flexibility index (Phi) is 3.06. The molecule has 0 spiro atoms. The zero-order chi connectivity index (χ0) is 12.5. The van der Waals surface area contributed by atoms with Gasteiger partial charge in [0.2, 0.25) is 5.91 Å². The van der Waals surface area contributed by atoms with Crippen molar-refractivity contribution in [2.24, 2.45) is 11.0 Å². The third kappa shape index (κ3) is 2.02. The van der Waals surface area contributed by atoms with E-state index in [2.05, 4.69) is 10.5 Å². The van der Waals surface area contributed by atoms with Gasteiger partial charge < -0.3 is 4.90 Å². The number of rotatable bonds is 1. The van der Waals surface area contributed by atoms with Gasteiger partial charge in [0.1, 0.15) is 5.71 Å². The monoisotopic (exact) mass is 249 g/mol. The summed E-state index contributed by atoms with van der Waals surface area (Å²) in [6.45, 7) is 0.862. The van der Waals surface area contributed by atoms with Crippen LogP contribution in [0, 0.1) is 5.92 Å². The largest absolute Gasteiger partial charge is 0.334 e. The summed E-state index contributed by atoms with van der Waals surface area (Å²) >= 11 is 0.